The first-order valence-electron chi connectivity index (χ1n) is 8.08. The highest BCUT2D eigenvalue weighted by Gasteiger charge is 2.23. The van der Waals surface area contributed by atoms with Gasteiger partial charge >= 0.3 is 0 Å². The molecule has 0 aromatic carbocycles. The number of likely N-dealkylation sites (N-methyl/N-ethyl adjacent to an activating group) is 1. The van der Waals surface area contributed by atoms with Crippen LogP contribution in [-0.4, -0.2) is 30.3 Å². The molecule has 0 bridgehead atoms. The van der Waals surface area contributed by atoms with E-state index in [1.807, 2.05) is 27.0 Å². The second kappa shape index (κ2) is 9.74. The van der Waals surface area contributed by atoms with Crippen LogP contribution in [0.3, 0.4) is 0 Å². The Balaban J connectivity index is 2.96. The van der Waals surface area contributed by atoms with Crippen LogP contribution in [0.1, 0.15) is 59.1 Å². The van der Waals surface area contributed by atoms with Crippen LogP contribution in [0.4, 0.5) is 0 Å². The third-order valence-corrected chi connectivity index (χ3v) is 3.21. The molecule has 0 aliphatic rings. The summed E-state index contributed by atoms with van der Waals surface area (Å²) < 4.78 is 11.7. The number of rotatable bonds is 10. The number of nitrogens with one attached hydrogen (secondary N) is 1. The Hall–Kier alpha value is -1.13. The van der Waals surface area contributed by atoms with Crippen molar-refractivity contribution in [3.05, 3.63) is 24.0 Å². The van der Waals surface area contributed by atoms with Crippen LogP contribution < -0.4 is 10.1 Å². The molecule has 1 heterocycles. The number of aromatic nitrogens is 1. The van der Waals surface area contributed by atoms with E-state index < -0.39 is 0 Å². The minimum atomic E-state index is 0.151. The Kier molecular flexibility index (Phi) is 8.31. The first-order valence-corrected chi connectivity index (χ1v) is 8.08. The lowest BCUT2D eigenvalue weighted by atomic mass is 9.99. The fourth-order valence-corrected chi connectivity index (χ4v) is 2.47. The van der Waals surface area contributed by atoms with Crippen LogP contribution in [0.25, 0.3) is 0 Å². The van der Waals surface area contributed by atoms with Gasteiger partial charge in [-0.1, -0.05) is 20.3 Å². The van der Waals surface area contributed by atoms with Crippen LogP contribution >= 0.6 is 0 Å². The minimum Gasteiger partial charge on any atom is -0.489 e. The zero-order valence-corrected chi connectivity index (χ0v) is 14.1. The van der Waals surface area contributed by atoms with Crippen LogP contribution in [0.5, 0.6) is 5.75 Å². The number of hydrogen-bond acceptors (Lipinski definition) is 4. The first kappa shape index (κ1) is 17.9. The Morgan fingerprint density at radius 2 is 1.95 bits per heavy atom. The van der Waals surface area contributed by atoms with Gasteiger partial charge in [-0.2, -0.15) is 0 Å². The maximum Gasteiger partial charge on any atom is 0.138 e. The Labute approximate surface area is 129 Å². The number of nitrogens with zero attached hydrogens (tertiary/aromatic N) is 1. The third kappa shape index (κ3) is 6.02. The molecule has 4 nitrogen and oxygen atoms in total. The van der Waals surface area contributed by atoms with Gasteiger partial charge in [0.2, 0.25) is 0 Å². The Morgan fingerprint density at radius 3 is 2.52 bits per heavy atom. The van der Waals surface area contributed by atoms with Crippen LogP contribution in [0.15, 0.2) is 18.5 Å². The van der Waals surface area contributed by atoms with Crippen molar-refractivity contribution in [2.24, 2.45) is 0 Å². The van der Waals surface area contributed by atoms with E-state index in [1.54, 1.807) is 6.20 Å². The highest BCUT2D eigenvalue weighted by atomic mass is 16.5. The molecule has 0 fully saturated rings. The smallest absolute Gasteiger partial charge is 0.138 e. The van der Waals surface area contributed by atoms with E-state index >= 15 is 0 Å². The van der Waals surface area contributed by atoms with Gasteiger partial charge in [-0.05, 0) is 45.4 Å². The standard InChI is InChI=1S/C17H30N2O2/c1-6-9-16(20-8-3)17(19-7-2)14-10-15(12-18-11-14)21-13(4)5/h10-13,16-17,19H,6-9H2,1-5H3. The van der Waals surface area contributed by atoms with Crippen molar-refractivity contribution in [2.45, 2.75) is 65.7 Å². The Morgan fingerprint density at radius 1 is 1.19 bits per heavy atom. The fourth-order valence-electron chi connectivity index (χ4n) is 2.47. The van der Waals surface area contributed by atoms with Crippen molar-refractivity contribution in [3.8, 4) is 5.75 Å². The summed E-state index contributed by atoms with van der Waals surface area (Å²) in [5, 5.41) is 3.53. The molecular weight excluding hydrogens is 264 g/mol. The largest absolute Gasteiger partial charge is 0.489 e. The predicted molar refractivity (Wildman–Crippen MR) is 86.7 cm³/mol. The van der Waals surface area contributed by atoms with Gasteiger partial charge < -0.3 is 14.8 Å². The predicted octanol–water partition coefficient (Wildman–Crippen LogP) is 3.72. The maximum atomic E-state index is 5.94. The van der Waals surface area contributed by atoms with Crippen LogP contribution in [0.2, 0.25) is 0 Å². The highest BCUT2D eigenvalue weighted by Crippen LogP contribution is 2.25. The molecule has 0 radical (unpaired) electrons. The van der Waals surface area contributed by atoms with Crippen molar-refractivity contribution in [1.29, 1.82) is 0 Å². The lowest BCUT2D eigenvalue weighted by Crippen LogP contribution is -2.34. The maximum absolute atomic E-state index is 5.94. The summed E-state index contributed by atoms with van der Waals surface area (Å²) in [6, 6.07) is 2.22. The normalized spacial score (nSPS) is 14.2. The van der Waals surface area contributed by atoms with Crippen molar-refractivity contribution in [2.75, 3.05) is 13.2 Å². The van der Waals surface area contributed by atoms with E-state index in [0.29, 0.717) is 0 Å². The molecule has 0 aliphatic carbocycles. The molecule has 1 aromatic rings. The molecule has 2 unspecified atom stereocenters. The monoisotopic (exact) mass is 294 g/mol. The Bertz CT molecular complexity index is 390. The van der Waals surface area contributed by atoms with E-state index in [-0.39, 0.29) is 18.2 Å². The average Bonchev–Trinajstić information content (AvgIpc) is 2.44. The van der Waals surface area contributed by atoms with Crippen LogP contribution in [-0.2, 0) is 4.74 Å². The van der Waals surface area contributed by atoms with Gasteiger partial charge in [0.05, 0.1) is 24.4 Å². The lowest BCUT2D eigenvalue weighted by molar-refractivity contribution is 0.0278. The van der Waals surface area contributed by atoms with Crippen molar-refractivity contribution >= 4 is 0 Å². The summed E-state index contributed by atoms with van der Waals surface area (Å²) in [4.78, 5) is 4.32. The summed E-state index contributed by atoms with van der Waals surface area (Å²) in [6.07, 6.45) is 6.11. The molecule has 21 heavy (non-hydrogen) atoms. The molecule has 0 amide bonds. The molecular formula is C17H30N2O2. The molecule has 1 rings (SSSR count). The first-order chi connectivity index (χ1) is 10.1. The second-order valence-corrected chi connectivity index (χ2v) is 5.44. The number of pyridine rings is 1. The van der Waals surface area contributed by atoms with E-state index in [0.717, 1.165) is 37.3 Å². The second-order valence-electron chi connectivity index (χ2n) is 5.44. The average molecular weight is 294 g/mol. The van der Waals surface area contributed by atoms with Crippen LogP contribution in [0, 0.1) is 0 Å². The van der Waals surface area contributed by atoms with Gasteiger partial charge in [0.15, 0.2) is 0 Å². The number of ether oxygens (including phenoxy) is 2. The van der Waals surface area contributed by atoms with E-state index in [2.05, 4.69) is 30.2 Å². The van der Waals surface area contributed by atoms with Gasteiger partial charge in [-0.25, -0.2) is 0 Å². The topological polar surface area (TPSA) is 43.4 Å². The van der Waals surface area contributed by atoms with E-state index in [9.17, 15) is 0 Å². The lowest BCUT2D eigenvalue weighted by Gasteiger charge is -2.28. The van der Waals surface area contributed by atoms with E-state index in [1.165, 1.54) is 0 Å². The van der Waals surface area contributed by atoms with Gasteiger partial charge in [0, 0.05) is 12.8 Å². The summed E-state index contributed by atoms with van der Waals surface area (Å²) >= 11 is 0. The SMILES string of the molecule is CCCC(OCC)C(NCC)c1cncc(OC(C)C)c1. The zero-order valence-electron chi connectivity index (χ0n) is 14.1. The molecule has 0 aliphatic heterocycles. The quantitative estimate of drug-likeness (QED) is 0.714. The fraction of sp³-hybridized carbons (Fsp3) is 0.706. The summed E-state index contributed by atoms with van der Waals surface area (Å²) in [7, 11) is 0. The van der Waals surface area contributed by atoms with Gasteiger partial charge in [-0.15, -0.1) is 0 Å². The molecule has 0 spiro atoms. The summed E-state index contributed by atoms with van der Waals surface area (Å²) in [5.74, 6) is 0.817. The zero-order chi connectivity index (χ0) is 15.7. The summed E-state index contributed by atoms with van der Waals surface area (Å²) in [5.41, 5.74) is 1.13. The van der Waals surface area contributed by atoms with Gasteiger partial charge in [0.25, 0.3) is 0 Å². The van der Waals surface area contributed by atoms with Crippen molar-refractivity contribution < 1.29 is 9.47 Å². The molecule has 120 valence electrons. The number of hydrogen-bond donors (Lipinski definition) is 1. The molecule has 0 saturated carbocycles. The molecule has 1 aromatic heterocycles. The third-order valence-electron chi connectivity index (χ3n) is 3.21. The van der Waals surface area contributed by atoms with Gasteiger partial charge in [-0.3, -0.25) is 4.98 Å². The van der Waals surface area contributed by atoms with E-state index in [4.69, 9.17) is 9.47 Å². The molecule has 4 heteroatoms. The highest BCUT2D eigenvalue weighted by molar-refractivity contribution is 5.27. The van der Waals surface area contributed by atoms with Gasteiger partial charge in [0.1, 0.15) is 5.75 Å². The van der Waals surface area contributed by atoms with Crippen molar-refractivity contribution in [3.63, 3.8) is 0 Å². The molecule has 2 atom stereocenters. The van der Waals surface area contributed by atoms with Crippen molar-refractivity contribution in [1.82, 2.24) is 10.3 Å². The summed E-state index contributed by atoms with van der Waals surface area (Å²) in [6.45, 7) is 12.0. The minimum absolute atomic E-state index is 0.151. The molecule has 1 N–H and O–H groups in total. The molecule has 0 saturated heterocycles.